The molecule has 0 atom stereocenters. The smallest absolute Gasteiger partial charge is 0.311 e. The summed E-state index contributed by atoms with van der Waals surface area (Å²) >= 11 is 0. The van der Waals surface area contributed by atoms with Gasteiger partial charge in [0.15, 0.2) is 0 Å². The van der Waals surface area contributed by atoms with Crippen LogP contribution in [0.5, 0.6) is 5.75 Å². The summed E-state index contributed by atoms with van der Waals surface area (Å²) in [6.45, 7) is 2.14. The minimum Gasteiger partial charge on any atom is -0.427 e. The number of benzene rings is 1. The lowest BCUT2D eigenvalue weighted by Crippen LogP contribution is -2.07. The predicted molar refractivity (Wildman–Crippen MR) is 121 cm³/mol. The number of allylic oxidation sites excluding steroid dienone is 4. The summed E-state index contributed by atoms with van der Waals surface area (Å²) in [6, 6.07) is 5.51. The van der Waals surface area contributed by atoms with Gasteiger partial charge in [-0.15, -0.1) is 0 Å². The summed E-state index contributed by atoms with van der Waals surface area (Å²) in [5.41, 5.74) is -0.0301. The monoisotopic (exact) mass is 433 g/mol. The summed E-state index contributed by atoms with van der Waals surface area (Å²) in [5.74, 6) is 0.659. The zero-order valence-electron chi connectivity index (χ0n) is 18.5. The molecule has 172 valence electrons. The van der Waals surface area contributed by atoms with E-state index in [1.54, 1.807) is 0 Å². The van der Waals surface area contributed by atoms with Gasteiger partial charge in [0, 0.05) is 25.0 Å². The minimum absolute atomic E-state index is 0.0301. The Morgan fingerprint density at radius 2 is 1.68 bits per heavy atom. The predicted octanol–water partition coefficient (Wildman–Crippen LogP) is 7.13. The Kier molecular flexibility index (Phi) is 14.5. The third kappa shape index (κ3) is 13.3. The highest BCUT2D eigenvalue weighted by molar-refractivity contribution is 5.72. The quantitative estimate of drug-likeness (QED) is 0.0410. The van der Waals surface area contributed by atoms with E-state index < -0.39 is 4.92 Å². The molecule has 7 nitrogen and oxygen atoms in total. The second-order valence-electron chi connectivity index (χ2n) is 7.46. The molecule has 0 bridgehead atoms. The molecule has 1 N–H and O–H groups in total. The minimum atomic E-state index is -0.490. The van der Waals surface area contributed by atoms with Crippen LogP contribution >= 0.6 is 0 Å². The maximum atomic E-state index is 11.8. The summed E-state index contributed by atoms with van der Waals surface area (Å²) < 4.78 is 5.18. The first-order valence-corrected chi connectivity index (χ1v) is 11.2. The van der Waals surface area contributed by atoms with Crippen LogP contribution in [0, 0.1) is 10.1 Å². The van der Waals surface area contributed by atoms with Crippen LogP contribution in [-0.2, 0) is 9.68 Å². The number of hydrogen-bond donors (Lipinski definition) is 1. The average Bonchev–Trinajstić information content (AvgIpc) is 2.76. The molecule has 0 saturated heterocycles. The molecule has 0 saturated carbocycles. The van der Waals surface area contributed by atoms with Crippen molar-refractivity contribution in [2.75, 3.05) is 0 Å². The van der Waals surface area contributed by atoms with Crippen LogP contribution < -0.4 is 4.74 Å². The number of esters is 1. The molecule has 1 aromatic rings. The van der Waals surface area contributed by atoms with E-state index in [-0.39, 0.29) is 11.7 Å². The second-order valence-corrected chi connectivity index (χ2v) is 7.46. The molecule has 0 spiro atoms. The number of carbonyl (C=O) groups is 1. The molecular formula is C24H35NO6. The molecular weight excluding hydrogens is 398 g/mol. The number of nitrogens with zero attached hydrogens (tertiary/aromatic N) is 1. The molecule has 0 heterocycles. The van der Waals surface area contributed by atoms with Crippen molar-refractivity contribution < 1.29 is 24.6 Å². The van der Waals surface area contributed by atoms with E-state index in [1.807, 2.05) is 6.08 Å². The summed E-state index contributed by atoms with van der Waals surface area (Å²) in [4.78, 5) is 26.3. The lowest BCUT2D eigenvalue weighted by atomic mass is 10.1. The largest absolute Gasteiger partial charge is 0.427 e. The first kappa shape index (κ1) is 26.4. The topological polar surface area (TPSA) is 98.9 Å². The standard InChI is InChI=1S/C24H35NO6/c1-2-3-11-14-23(31-29)15-12-9-7-5-4-6-8-10-13-16-24(26)30-22-19-17-21(18-20-22)25(27)28/h7,9,15,17-20,29H,2-6,8,10-14,16H2,1H3/b9-7-,23-15+. The number of hydrogen-bond acceptors (Lipinski definition) is 6. The van der Waals surface area contributed by atoms with Gasteiger partial charge in [-0.2, -0.15) is 0 Å². The number of unbranched alkanes of at least 4 members (excludes halogenated alkanes) is 7. The van der Waals surface area contributed by atoms with Crippen LogP contribution in [0.1, 0.15) is 84.0 Å². The molecule has 1 aromatic carbocycles. The molecule has 0 fully saturated rings. The second kappa shape index (κ2) is 17.1. The van der Waals surface area contributed by atoms with Crippen molar-refractivity contribution >= 4 is 11.7 Å². The highest BCUT2D eigenvalue weighted by Crippen LogP contribution is 2.18. The number of carbonyl (C=O) groups excluding carboxylic acids is 1. The van der Waals surface area contributed by atoms with E-state index in [1.165, 1.54) is 24.3 Å². The van der Waals surface area contributed by atoms with Gasteiger partial charge in [0.25, 0.3) is 5.69 Å². The van der Waals surface area contributed by atoms with Crippen LogP contribution in [0.4, 0.5) is 5.69 Å². The summed E-state index contributed by atoms with van der Waals surface area (Å²) in [5, 5.41) is 19.5. The fraction of sp³-hybridized carbons (Fsp3) is 0.542. The van der Waals surface area contributed by atoms with Gasteiger partial charge in [-0.1, -0.05) is 51.2 Å². The van der Waals surface area contributed by atoms with Gasteiger partial charge in [-0.25, -0.2) is 5.26 Å². The zero-order chi connectivity index (χ0) is 22.7. The van der Waals surface area contributed by atoms with Crippen molar-refractivity contribution in [1.29, 1.82) is 0 Å². The van der Waals surface area contributed by atoms with Crippen molar-refractivity contribution in [3.8, 4) is 5.75 Å². The van der Waals surface area contributed by atoms with Crippen LogP contribution in [0.15, 0.2) is 48.3 Å². The van der Waals surface area contributed by atoms with Gasteiger partial charge in [0.2, 0.25) is 0 Å². The number of non-ortho nitro benzene ring substituents is 1. The van der Waals surface area contributed by atoms with E-state index >= 15 is 0 Å². The number of ether oxygens (including phenoxy) is 1. The zero-order valence-corrected chi connectivity index (χ0v) is 18.5. The Balaban J connectivity index is 2.03. The SMILES string of the molecule is CCCCC/C(=C\C/C=C\CCCCCCCC(=O)Oc1ccc([N+](=O)[O-])cc1)OO. The van der Waals surface area contributed by atoms with Crippen molar-refractivity contribution in [2.24, 2.45) is 0 Å². The third-order valence-electron chi connectivity index (χ3n) is 4.82. The van der Waals surface area contributed by atoms with Crippen molar-refractivity contribution in [1.82, 2.24) is 0 Å². The van der Waals surface area contributed by atoms with E-state index in [0.29, 0.717) is 17.9 Å². The number of nitro groups is 1. The van der Waals surface area contributed by atoms with E-state index in [4.69, 9.17) is 9.99 Å². The van der Waals surface area contributed by atoms with E-state index in [9.17, 15) is 14.9 Å². The summed E-state index contributed by atoms with van der Waals surface area (Å²) in [7, 11) is 0. The molecule has 0 unspecified atom stereocenters. The first-order chi connectivity index (χ1) is 15.1. The van der Waals surface area contributed by atoms with Gasteiger partial charge in [-0.3, -0.25) is 14.9 Å². The van der Waals surface area contributed by atoms with Crippen molar-refractivity contribution in [2.45, 2.75) is 84.0 Å². The van der Waals surface area contributed by atoms with Crippen LogP contribution in [0.25, 0.3) is 0 Å². The Morgan fingerprint density at radius 1 is 1.00 bits per heavy atom. The maximum absolute atomic E-state index is 11.8. The van der Waals surface area contributed by atoms with Crippen LogP contribution in [0.3, 0.4) is 0 Å². The molecule has 1 rings (SSSR count). The molecule has 0 aromatic heterocycles. The highest BCUT2D eigenvalue weighted by atomic mass is 17.1. The van der Waals surface area contributed by atoms with E-state index in [2.05, 4.69) is 24.0 Å². The molecule has 0 radical (unpaired) electrons. The average molecular weight is 434 g/mol. The first-order valence-electron chi connectivity index (χ1n) is 11.2. The van der Waals surface area contributed by atoms with Gasteiger partial charge >= 0.3 is 5.97 Å². The maximum Gasteiger partial charge on any atom is 0.311 e. The fourth-order valence-electron chi connectivity index (χ4n) is 3.03. The molecule has 31 heavy (non-hydrogen) atoms. The highest BCUT2D eigenvalue weighted by Gasteiger charge is 2.08. The van der Waals surface area contributed by atoms with Crippen molar-refractivity contribution in [3.63, 3.8) is 0 Å². The van der Waals surface area contributed by atoms with Gasteiger partial charge in [0.05, 0.1) is 4.92 Å². The molecule has 0 aliphatic rings. The third-order valence-corrected chi connectivity index (χ3v) is 4.82. The molecule has 0 amide bonds. The Bertz CT molecular complexity index is 697. The number of rotatable bonds is 17. The van der Waals surface area contributed by atoms with Gasteiger partial charge in [0.1, 0.15) is 11.5 Å². The Labute approximate surface area is 184 Å². The molecule has 0 aliphatic carbocycles. The number of nitro benzene ring substituents is 1. The van der Waals surface area contributed by atoms with Crippen LogP contribution in [0.2, 0.25) is 0 Å². The van der Waals surface area contributed by atoms with Gasteiger partial charge in [-0.05, 0) is 50.3 Å². The van der Waals surface area contributed by atoms with E-state index in [0.717, 1.165) is 70.6 Å². The Morgan fingerprint density at radius 3 is 2.35 bits per heavy atom. The molecule has 0 aliphatic heterocycles. The fourth-order valence-corrected chi connectivity index (χ4v) is 3.03. The lowest BCUT2D eigenvalue weighted by molar-refractivity contribution is -0.384. The summed E-state index contributed by atoms with van der Waals surface area (Å²) in [6.07, 6.45) is 17.4. The van der Waals surface area contributed by atoms with Crippen molar-refractivity contribution in [3.05, 3.63) is 58.4 Å². The lowest BCUT2D eigenvalue weighted by Gasteiger charge is -2.04. The normalized spacial score (nSPS) is 11.6. The molecule has 7 heteroatoms. The van der Waals surface area contributed by atoms with Crippen LogP contribution in [-0.4, -0.2) is 16.1 Å². The van der Waals surface area contributed by atoms with Gasteiger partial charge < -0.3 is 9.62 Å². The Hall–Kier alpha value is -2.67.